The van der Waals surface area contributed by atoms with E-state index in [1.54, 1.807) is 0 Å². The first-order valence-corrected chi connectivity index (χ1v) is 6.49. The molecule has 0 unspecified atom stereocenters. The first-order valence-electron chi connectivity index (χ1n) is 6.49. The van der Waals surface area contributed by atoms with Gasteiger partial charge in [-0.3, -0.25) is 0 Å². The number of hydrogen-bond acceptors (Lipinski definition) is 0. The fourth-order valence-electron chi connectivity index (χ4n) is 2.37. The van der Waals surface area contributed by atoms with Crippen LogP contribution >= 0.6 is 0 Å². The lowest BCUT2D eigenvalue weighted by Crippen LogP contribution is -2.22. The molecule has 0 fully saturated rings. The fraction of sp³-hybridized carbons (Fsp3) is 0.389. The monoisotopic (exact) mass is 240 g/mol. The largest absolute Gasteiger partial charge is 0.129 e. The van der Waals surface area contributed by atoms with Crippen molar-refractivity contribution < 1.29 is 0 Å². The SMILES string of the molecule is C=C=C(C)C(C)(C)c1c(C=C)cccc1C(C)C. The van der Waals surface area contributed by atoms with Crippen LogP contribution in [-0.2, 0) is 5.41 Å². The summed E-state index contributed by atoms with van der Waals surface area (Å²) in [7, 11) is 0. The molecule has 0 atom stereocenters. The smallest absolute Gasteiger partial charge is 0.0186 e. The molecule has 0 heteroatoms. The highest BCUT2D eigenvalue weighted by molar-refractivity contribution is 5.59. The van der Waals surface area contributed by atoms with Gasteiger partial charge in [0.05, 0.1) is 0 Å². The second-order valence-corrected chi connectivity index (χ2v) is 5.60. The quantitative estimate of drug-likeness (QED) is 0.613. The van der Waals surface area contributed by atoms with Gasteiger partial charge in [0.1, 0.15) is 0 Å². The summed E-state index contributed by atoms with van der Waals surface area (Å²) in [5.74, 6) is 0.497. The molecular weight excluding hydrogens is 216 g/mol. The van der Waals surface area contributed by atoms with Gasteiger partial charge in [0, 0.05) is 5.41 Å². The van der Waals surface area contributed by atoms with Crippen LogP contribution < -0.4 is 0 Å². The van der Waals surface area contributed by atoms with E-state index in [0.29, 0.717) is 5.92 Å². The fourth-order valence-corrected chi connectivity index (χ4v) is 2.37. The zero-order valence-electron chi connectivity index (χ0n) is 12.3. The molecule has 1 aromatic carbocycles. The van der Waals surface area contributed by atoms with Gasteiger partial charge in [-0.05, 0) is 35.1 Å². The van der Waals surface area contributed by atoms with Crippen molar-refractivity contribution in [1.29, 1.82) is 0 Å². The van der Waals surface area contributed by atoms with Gasteiger partial charge < -0.3 is 0 Å². The van der Waals surface area contributed by atoms with Gasteiger partial charge in [0.15, 0.2) is 0 Å². The highest BCUT2D eigenvalue weighted by Gasteiger charge is 2.28. The third kappa shape index (κ3) is 2.49. The van der Waals surface area contributed by atoms with E-state index in [9.17, 15) is 0 Å². The molecule has 0 saturated carbocycles. The van der Waals surface area contributed by atoms with Crippen LogP contribution in [0.5, 0.6) is 0 Å². The zero-order valence-corrected chi connectivity index (χ0v) is 12.3. The topological polar surface area (TPSA) is 0 Å². The molecule has 0 N–H and O–H groups in total. The minimum atomic E-state index is -0.0634. The van der Waals surface area contributed by atoms with E-state index in [0.717, 1.165) is 0 Å². The van der Waals surface area contributed by atoms with Gasteiger partial charge in [-0.25, -0.2) is 0 Å². The summed E-state index contributed by atoms with van der Waals surface area (Å²) in [6.07, 6.45) is 1.94. The highest BCUT2D eigenvalue weighted by Crippen LogP contribution is 2.38. The number of hydrogen-bond donors (Lipinski definition) is 0. The van der Waals surface area contributed by atoms with Gasteiger partial charge in [0.25, 0.3) is 0 Å². The highest BCUT2D eigenvalue weighted by atomic mass is 14.3. The van der Waals surface area contributed by atoms with Crippen molar-refractivity contribution in [2.75, 3.05) is 0 Å². The lowest BCUT2D eigenvalue weighted by atomic mass is 9.72. The average Bonchev–Trinajstić information content (AvgIpc) is 2.36. The van der Waals surface area contributed by atoms with Gasteiger partial charge >= 0.3 is 0 Å². The van der Waals surface area contributed by atoms with Crippen LogP contribution in [0.2, 0.25) is 0 Å². The molecule has 0 saturated heterocycles. The van der Waals surface area contributed by atoms with Crippen LogP contribution in [0, 0.1) is 0 Å². The molecular formula is C18H24. The molecule has 1 aromatic rings. The Morgan fingerprint density at radius 1 is 1.33 bits per heavy atom. The van der Waals surface area contributed by atoms with E-state index < -0.39 is 0 Å². The molecule has 0 heterocycles. The second-order valence-electron chi connectivity index (χ2n) is 5.60. The summed E-state index contributed by atoms with van der Waals surface area (Å²) >= 11 is 0. The summed E-state index contributed by atoms with van der Waals surface area (Å²) in [6, 6.07) is 6.45. The lowest BCUT2D eigenvalue weighted by molar-refractivity contribution is 0.608. The third-order valence-corrected chi connectivity index (χ3v) is 3.80. The van der Waals surface area contributed by atoms with Crippen LogP contribution in [-0.4, -0.2) is 0 Å². The first kappa shape index (κ1) is 14.5. The maximum Gasteiger partial charge on any atom is 0.0186 e. The molecule has 18 heavy (non-hydrogen) atoms. The van der Waals surface area contributed by atoms with Crippen molar-refractivity contribution in [2.24, 2.45) is 0 Å². The number of benzene rings is 1. The Kier molecular flexibility index (Phi) is 4.38. The van der Waals surface area contributed by atoms with Crippen molar-refractivity contribution in [3.63, 3.8) is 0 Å². The van der Waals surface area contributed by atoms with Gasteiger partial charge in [-0.2, -0.15) is 0 Å². The zero-order chi connectivity index (χ0) is 13.9. The Bertz CT molecular complexity index is 495. The maximum atomic E-state index is 3.95. The average molecular weight is 240 g/mol. The van der Waals surface area contributed by atoms with E-state index in [2.05, 4.69) is 71.7 Å². The predicted octanol–water partition coefficient (Wildman–Crippen LogP) is 5.46. The summed E-state index contributed by atoms with van der Waals surface area (Å²) in [5, 5.41) is 0. The minimum absolute atomic E-state index is 0.0634. The summed E-state index contributed by atoms with van der Waals surface area (Å²) in [5.41, 5.74) is 8.10. The molecule has 1 rings (SSSR count). The standard InChI is InChI=1S/C18H24/c1-8-14(5)18(6,7)17-15(9-2)11-10-12-16(17)13(3)4/h9-13H,1-2H2,3-7H3. The molecule has 0 aliphatic heterocycles. The summed E-state index contributed by atoms with van der Waals surface area (Å²) in [4.78, 5) is 0. The van der Waals surface area contributed by atoms with Crippen molar-refractivity contribution in [3.8, 4) is 0 Å². The van der Waals surface area contributed by atoms with Crippen LogP contribution in [0.4, 0.5) is 0 Å². The second kappa shape index (κ2) is 5.42. The molecule has 0 radical (unpaired) electrons. The van der Waals surface area contributed by atoms with Crippen molar-refractivity contribution in [2.45, 2.75) is 46.0 Å². The molecule has 0 amide bonds. The molecule has 0 aromatic heterocycles. The Labute approximate surface area is 112 Å². The molecule has 0 nitrogen and oxygen atoms in total. The summed E-state index contributed by atoms with van der Waals surface area (Å²) < 4.78 is 0. The van der Waals surface area contributed by atoms with E-state index in [1.807, 2.05) is 6.08 Å². The normalized spacial score (nSPS) is 11.2. The van der Waals surface area contributed by atoms with E-state index in [1.165, 1.54) is 22.3 Å². The Balaban J connectivity index is 3.65. The Morgan fingerprint density at radius 3 is 2.39 bits per heavy atom. The molecule has 96 valence electrons. The van der Waals surface area contributed by atoms with Crippen LogP contribution in [0.25, 0.3) is 6.08 Å². The van der Waals surface area contributed by atoms with Gasteiger partial charge in [-0.15, -0.1) is 5.73 Å². The third-order valence-electron chi connectivity index (χ3n) is 3.80. The van der Waals surface area contributed by atoms with Crippen LogP contribution in [0.15, 0.2) is 42.7 Å². The molecule has 0 aliphatic carbocycles. The maximum absolute atomic E-state index is 3.95. The number of rotatable bonds is 4. The Morgan fingerprint density at radius 2 is 1.94 bits per heavy atom. The minimum Gasteiger partial charge on any atom is -0.129 e. The summed E-state index contributed by atoms with van der Waals surface area (Å²) in [6.45, 7) is 18.8. The van der Waals surface area contributed by atoms with Crippen molar-refractivity contribution >= 4 is 6.08 Å². The van der Waals surface area contributed by atoms with Crippen LogP contribution in [0.3, 0.4) is 0 Å². The first-order chi connectivity index (χ1) is 8.36. The van der Waals surface area contributed by atoms with Crippen molar-refractivity contribution in [1.82, 2.24) is 0 Å². The Hall–Kier alpha value is -1.52. The molecule has 0 bridgehead atoms. The van der Waals surface area contributed by atoms with Gasteiger partial charge in [0.2, 0.25) is 0 Å². The molecule has 0 aliphatic rings. The molecule has 0 spiro atoms. The van der Waals surface area contributed by atoms with Crippen LogP contribution in [0.1, 0.15) is 57.2 Å². The lowest BCUT2D eigenvalue weighted by Gasteiger charge is -2.31. The number of allylic oxidation sites excluding steroid dienone is 1. The van der Waals surface area contributed by atoms with E-state index >= 15 is 0 Å². The van der Waals surface area contributed by atoms with Crippen molar-refractivity contribution in [3.05, 3.63) is 59.4 Å². The predicted molar refractivity (Wildman–Crippen MR) is 82.0 cm³/mol. The van der Waals surface area contributed by atoms with E-state index in [4.69, 9.17) is 0 Å². The van der Waals surface area contributed by atoms with E-state index in [-0.39, 0.29) is 5.41 Å². The van der Waals surface area contributed by atoms with Gasteiger partial charge in [-0.1, -0.05) is 65.1 Å².